The number of alkyl carbamates (subject to hydrolysis) is 1. The Balaban J connectivity index is 0.00000176. The van der Waals surface area contributed by atoms with E-state index < -0.39 is 18.2 Å². The molecule has 0 aromatic heterocycles. The number of nitrogens with one attached hydrogen (secondary N) is 3. The highest BCUT2D eigenvalue weighted by molar-refractivity contribution is 5.94. The molecule has 3 N–H and O–H groups in total. The second kappa shape index (κ2) is 11.0. The van der Waals surface area contributed by atoms with Crippen molar-refractivity contribution in [2.45, 2.75) is 32.9 Å². The van der Waals surface area contributed by atoms with Crippen LogP contribution in [-0.2, 0) is 14.3 Å². The number of fused-ring (bicyclic) bond motifs is 1. The number of piperazine rings is 1. The minimum absolute atomic E-state index is 0.0255. The molecule has 0 bridgehead atoms. The molecule has 1 aromatic rings. The quantitative estimate of drug-likeness (QED) is 0.642. The van der Waals surface area contributed by atoms with E-state index in [1.54, 1.807) is 29.3 Å². The molecule has 2 aliphatic rings. The Morgan fingerprint density at radius 2 is 1.94 bits per heavy atom. The Kier molecular flexibility index (Phi) is 8.43. The van der Waals surface area contributed by atoms with Crippen molar-refractivity contribution < 1.29 is 23.9 Å². The van der Waals surface area contributed by atoms with Crippen LogP contribution in [0.4, 0.5) is 15.3 Å². The average Bonchev–Trinajstić information content (AvgIpc) is 3.27. The number of carbonyl (C=O) groups excluding carboxylic acids is 3. The first kappa shape index (κ1) is 24.5. The van der Waals surface area contributed by atoms with Gasteiger partial charge in [0.1, 0.15) is 5.70 Å². The maximum atomic E-state index is 12.9. The van der Waals surface area contributed by atoms with Crippen LogP contribution in [0.15, 0.2) is 30.0 Å². The molecule has 2 heterocycles. The Hall–Kier alpha value is -3.78. The Bertz CT molecular complexity index is 941. The van der Waals surface area contributed by atoms with Gasteiger partial charge in [0.2, 0.25) is 0 Å². The SMILES string of the molecule is CC.COC(=O)NCN1CC(C)N2NC(c3ccc(C#N)cc3NC(=O)OC)C=C2C1=O. The van der Waals surface area contributed by atoms with E-state index in [0.717, 1.165) is 0 Å². The van der Waals surface area contributed by atoms with Crippen molar-refractivity contribution in [2.24, 2.45) is 0 Å². The number of amides is 3. The van der Waals surface area contributed by atoms with Gasteiger partial charge in [-0.05, 0) is 30.7 Å². The van der Waals surface area contributed by atoms with Crippen molar-refractivity contribution in [3.8, 4) is 6.07 Å². The molecule has 32 heavy (non-hydrogen) atoms. The molecule has 0 spiro atoms. The molecular weight excluding hydrogens is 416 g/mol. The summed E-state index contributed by atoms with van der Waals surface area (Å²) in [4.78, 5) is 37.5. The Labute approximate surface area is 186 Å². The summed E-state index contributed by atoms with van der Waals surface area (Å²) in [6.45, 7) is 6.35. The lowest BCUT2D eigenvalue weighted by Crippen LogP contribution is -2.57. The van der Waals surface area contributed by atoms with Gasteiger partial charge in [-0.15, -0.1) is 0 Å². The fourth-order valence-electron chi connectivity index (χ4n) is 3.37. The van der Waals surface area contributed by atoms with Crippen LogP contribution >= 0.6 is 0 Å². The van der Waals surface area contributed by atoms with Crippen LogP contribution in [-0.4, -0.2) is 61.5 Å². The third-order valence-electron chi connectivity index (χ3n) is 4.83. The van der Waals surface area contributed by atoms with E-state index in [2.05, 4.69) is 25.5 Å². The van der Waals surface area contributed by atoms with Crippen molar-refractivity contribution in [2.75, 3.05) is 32.7 Å². The number of benzene rings is 1. The summed E-state index contributed by atoms with van der Waals surface area (Å²) in [6.07, 6.45) is 0.456. The number of anilines is 1. The number of rotatable bonds is 4. The molecule has 0 aliphatic carbocycles. The number of nitriles is 1. The highest BCUT2D eigenvalue weighted by Crippen LogP contribution is 2.34. The number of methoxy groups -OCH3 is 2. The minimum atomic E-state index is -0.667. The second-order valence-electron chi connectivity index (χ2n) is 6.76. The number of hydrogen-bond donors (Lipinski definition) is 3. The first-order valence-corrected chi connectivity index (χ1v) is 10.1. The topological polar surface area (TPSA) is 136 Å². The van der Waals surface area contributed by atoms with Gasteiger partial charge >= 0.3 is 12.2 Å². The maximum Gasteiger partial charge on any atom is 0.411 e. The van der Waals surface area contributed by atoms with Crippen molar-refractivity contribution in [3.63, 3.8) is 0 Å². The van der Waals surface area contributed by atoms with Gasteiger partial charge in [-0.1, -0.05) is 19.9 Å². The number of nitrogens with zero attached hydrogens (tertiary/aromatic N) is 3. The van der Waals surface area contributed by atoms with E-state index in [1.165, 1.54) is 19.1 Å². The summed E-state index contributed by atoms with van der Waals surface area (Å²) in [5, 5.41) is 16.0. The van der Waals surface area contributed by atoms with Crippen molar-refractivity contribution >= 4 is 23.8 Å². The van der Waals surface area contributed by atoms with Gasteiger partial charge in [0, 0.05) is 6.54 Å². The summed E-state index contributed by atoms with van der Waals surface area (Å²) >= 11 is 0. The third-order valence-corrected chi connectivity index (χ3v) is 4.83. The van der Waals surface area contributed by atoms with Gasteiger partial charge in [0.25, 0.3) is 5.91 Å². The lowest BCUT2D eigenvalue weighted by atomic mass is 10.0. The predicted octanol–water partition coefficient (Wildman–Crippen LogP) is 2.05. The van der Waals surface area contributed by atoms with Gasteiger partial charge in [-0.25, -0.2) is 15.0 Å². The summed E-state index contributed by atoms with van der Waals surface area (Å²) in [7, 11) is 2.50. The van der Waals surface area contributed by atoms with Gasteiger partial charge in [-0.3, -0.25) is 15.1 Å². The molecular formula is C21H28N6O5. The summed E-state index contributed by atoms with van der Waals surface area (Å²) in [5.41, 5.74) is 5.13. The fourth-order valence-corrected chi connectivity index (χ4v) is 3.37. The first-order chi connectivity index (χ1) is 15.4. The predicted molar refractivity (Wildman–Crippen MR) is 116 cm³/mol. The summed E-state index contributed by atoms with van der Waals surface area (Å²) < 4.78 is 9.20. The van der Waals surface area contributed by atoms with E-state index in [0.29, 0.717) is 29.1 Å². The van der Waals surface area contributed by atoms with E-state index in [-0.39, 0.29) is 18.6 Å². The first-order valence-electron chi connectivity index (χ1n) is 10.1. The van der Waals surface area contributed by atoms with Gasteiger partial charge < -0.3 is 19.7 Å². The summed E-state index contributed by atoms with van der Waals surface area (Å²) in [5.74, 6) is -0.254. The number of ether oxygens (including phenoxy) is 2. The molecule has 3 rings (SSSR count). The molecule has 1 saturated heterocycles. The second-order valence-corrected chi connectivity index (χ2v) is 6.76. The molecule has 2 atom stereocenters. The zero-order valence-electron chi connectivity index (χ0n) is 18.8. The van der Waals surface area contributed by atoms with E-state index in [9.17, 15) is 14.4 Å². The van der Waals surface area contributed by atoms with Crippen LogP contribution in [0.5, 0.6) is 0 Å². The van der Waals surface area contributed by atoms with Crippen LogP contribution in [0.1, 0.15) is 37.9 Å². The van der Waals surface area contributed by atoms with E-state index in [4.69, 9.17) is 5.26 Å². The number of carbonyl (C=O) groups is 3. The van der Waals surface area contributed by atoms with Crippen molar-refractivity contribution in [3.05, 3.63) is 41.1 Å². The van der Waals surface area contributed by atoms with Crippen LogP contribution in [0.25, 0.3) is 0 Å². The highest BCUT2D eigenvalue weighted by Gasteiger charge is 2.39. The standard InChI is InChI=1S/C19H22N6O5.C2H6/c1-11-9-24(10-21-18(27)29-2)17(26)16-7-15(23-25(11)16)13-5-4-12(8-20)6-14(13)22-19(28)30-3;1-2/h4-7,11,15,23H,9-10H2,1-3H3,(H,21,27)(H,22,28);1-2H3. The molecule has 2 unspecified atom stereocenters. The summed E-state index contributed by atoms with van der Waals surface area (Å²) in [6, 6.07) is 6.42. The van der Waals surface area contributed by atoms with Gasteiger partial charge in [0.05, 0.1) is 50.3 Å². The lowest BCUT2D eigenvalue weighted by Gasteiger charge is -2.39. The van der Waals surface area contributed by atoms with Crippen LogP contribution in [0.2, 0.25) is 0 Å². The van der Waals surface area contributed by atoms with E-state index in [1.807, 2.05) is 26.8 Å². The minimum Gasteiger partial charge on any atom is -0.453 e. The van der Waals surface area contributed by atoms with Crippen molar-refractivity contribution in [1.29, 1.82) is 5.26 Å². The number of hydrazine groups is 1. The van der Waals surface area contributed by atoms with Crippen LogP contribution in [0, 0.1) is 11.3 Å². The maximum absolute atomic E-state index is 12.9. The monoisotopic (exact) mass is 444 g/mol. The van der Waals surface area contributed by atoms with Gasteiger partial charge in [-0.2, -0.15) is 5.26 Å². The smallest absolute Gasteiger partial charge is 0.411 e. The zero-order valence-corrected chi connectivity index (χ0v) is 18.8. The van der Waals surface area contributed by atoms with Gasteiger partial charge in [0.15, 0.2) is 0 Å². The zero-order chi connectivity index (χ0) is 23.8. The average molecular weight is 444 g/mol. The largest absolute Gasteiger partial charge is 0.453 e. The highest BCUT2D eigenvalue weighted by atomic mass is 16.5. The molecule has 3 amide bonds. The molecule has 1 aromatic carbocycles. The van der Waals surface area contributed by atoms with Crippen LogP contribution < -0.4 is 16.1 Å². The Morgan fingerprint density at radius 3 is 2.56 bits per heavy atom. The fraction of sp³-hybridized carbons (Fsp3) is 0.429. The molecule has 172 valence electrons. The molecule has 2 aliphatic heterocycles. The molecule has 1 fully saturated rings. The molecule has 11 nitrogen and oxygen atoms in total. The Morgan fingerprint density at radius 1 is 1.25 bits per heavy atom. The molecule has 11 heteroatoms. The van der Waals surface area contributed by atoms with E-state index >= 15 is 0 Å². The van der Waals surface area contributed by atoms with Crippen LogP contribution in [0.3, 0.4) is 0 Å². The lowest BCUT2D eigenvalue weighted by molar-refractivity contribution is -0.134. The molecule has 0 radical (unpaired) electrons. The number of hydrogen-bond acceptors (Lipinski definition) is 8. The third kappa shape index (κ3) is 5.28. The van der Waals surface area contributed by atoms with Crippen molar-refractivity contribution in [1.82, 2.24) is 20.7 Å². The normalized spacial score (nSPS) is 19.0. The molecule has 0 saturated carbocycles.